The van der Waals surface area contributed by atoms with E-state index in [1.807, 2.05) is 36.4 Å². The summed E-state index contributed by atoms with van der Waals surface area (Å²) in [6.07, 6.45) is 2.05. The van der Waals surface area contributed by atoms with Gasteiger partial charge in [0.1, 0.15) is 0 Å². The average Bonchev–Trinajstić information content (AvgIpc) is 2.71. The molecule has 2 N–H and O–H groups in total. The smallest absolute Gasteiger partial charge is 0.195 e. The van der Waals surface area contributed by atoms with Gasteiger partial charge in [0, 0.05) is 10.4 Å². The van der Waals surface area contributed by atoms with E-state index in [4.69, 9.17) is 5.73 Å². The van der Waals surface area contributed by atoms with Gasteiger partial charge in [-0.25, -0.2) is 0 Å². The molecule has 0 atom stereocenters. The molecule has 17 heavy (non-hydrogen) atoms. The predicted octanol–water partition coefficient (Wildman–Crippen LogP) is 3.51. The maximum atomic E-state index is 12.2. The number of rotatable bonds is 4. The quantitative estimate of drug-likeness (QED) is 0.837. The Balaban J connectivity index is 2.31. The average molecular weight is 245 g/mol. The number of anilines is 1. The third-order valence-corrected chi connectivity index (χ3v) is 3.61. The predicted molar refractivity (Wildman–Crippen MR) is 72.6 cm³/mol. The van der Waals surface area contributed by atoms with Gasteiger partial charge in [0.05, 0.1) is 10.6 Å². The minimum absolute atomic E-state index is 0.0155. The van der Waals surface area contributed by atoms with E-state index in [0.29, 0.717) is 16.1 Å². The van der Waals surface area contributed by atoms with Gasteiger partial charge in [-0.1, -0.05) is 43.7 Å². The van der Waals surface area contributed by atoms with Crippen molar-refractivity contribution >= 4 is 22.1 Å². The van der Waals surface area contributed by atoms with Crippen molar-refractivity contribution in [2.45, 2.75) is 19.8 Å². The summed E-state index contributed by atoms with van der Waals surface area (Å²) in [7, 11) is 0. The van der Waals surface area contributed by atoms with Crippen LogP contribution in [0, 0.1) is 0 Å². The second kappa shape index (κ2) is 5.15. The van der Waals surface area contributed by atoms with Crippen LogP contribution in [0.5, 0.6) is 0 Å². The number of hydrogen-bond acceptors (Lipinski definition) is 3. The van der Waals surface area contributed by atoms with Crippen molar-refractivity contribution in [3.05, 3.63) is 52.4 Å². The molecule has 0 saturated heterocycles. The molecule has 0 fully saturated rings. The highest BCUT2D eigenvalue weighted by molar-refractivity contribution is 7.16. The summed E-state index contributed by atoms with van der Waals surface area (Å²) in [6, 6.07) is 11.2. The summed E-state index contributed by atoms with van der Waals surface area (Å²) in [4.78, 5) is 13.4. The van der Waals surface area contributed by atoms with Gasteiger partial charge in [-0.05, 0) is 12.5 Å². The zero-order chi connectivity index (χ0) is 12.3. The van der Waals surface area contributed by atoms with E-state index in [9.17, 15) is 4.79 Å². The minimum atomic E-state index is 0.0155. The molecule has 0 aliphatic rings. The molecule has 2 rings (SSSR count). The van der Waals surface area contributed by atoms with Crippen molar-refractivity contribution in [1.29, 1.82) is 0 Å². The molecular formula is C14H15NOS. The van der Waals surface area contributed by atoms with Crippen LogP contribution >= 0.6 is 11.3 Å². The van der Waals surface area contributed by atoms with Gasteiger partial charge < -0.3 is 5.73 Å². The van der Waals surface area contributed by atoms with E-state index in [1.54, 1.807) is 0 Å². The molecule has 2 nitrogen and oxygen atoms in total. The molecule has 0 spiro atoms. The van der Waals surface area contributed by atoms with E-state index in [-0.39, 0.29) is 5.78 Å². The lowest BCUT2D eigenvalue weighted by Crippen LogP contribution is -2.02. The van der Waals surface area contributed by atoms with Crippen LogP contribution in [0.15, 0.2) is 36.4 Å². The maximum absolute atomic E-state index is 12.2. The fraction of sp³-hybridized carbons (Fsp3) is 0.214. The first kappa shape index (κ1) is 11.9. The monoisotopic (exact) mass is 245 g/mol. The molecule has 3 heteroatoms. The number of thiophene rings is 1. The third kappa shape index (κ3) is 2.56. The number of benzene rings is 1. The van der Waals surface area contributed by atoms with Crippen LogP contribution in [0.3, 0.4) is 0 Å². The molecule has 2 aromatic rings. The summed E-state index contributed by atoms with van der Waals surface area (Å²) in [5.74, 6) is 0.0155. The van der Waals surface area contributed by atoms with Gasteiger partial charge in [-0.15, -0.1) is 11.3 Å². The number of carbonyl (C=O) groups is 1. The highest BCUT2D eigenvalue weighted by Crippen LogP contribution is 2.28. The number of aryl methyl sites for hydroxylation is 1. The number of hydrogen-bond donors (Lipinski definition) is 1. The number of nitrogen functional groups attached to an aromatic ring is 1. The van der Waals surface area contributed by atoms with Crippen molar-refractivity contribution in [2.24, 2.45) is 0 Å². The Labute approximate surface area is 105 Å². The van der Waals surface area contributed by atoms with Gasteiger partial charge >= 0.3 is 0 Å². The molecule has 0 radical (unpaired) electrons. The molecule has 0 amide bonds. The molecular weight excluding hydrogens is 230 g/mol. The zero-order valence-corrected chi connectivity index (χ0v) is 10.6. The van der Waals surface area contributed by atoms with E-state index in [1.165, 1.54) is 16.2 Å². The summed E-state index contributed by atoms with van der Waals surface area (Å²) in [6.45, 7) is 2.12. The van der Waals surface area contributed by atoms with Crippen LogP contribution in [0.4, 0.5) is 5.00 Å². The lowest BCUT2D eigenvalue weighted by Gasteiger charge is -1.98. The number of ketones is 1. The maximum Gasteiger partial charge on any atom is 0.195 e. The van der Waals surface area contributed by atoms with Crippen LogP contribution in [0.25, 0.3) is 0 Å². The molecule has 0 aliphatic carbocycles. The SMILES string of the molecule is CCCc1cc(C(=O)c2ccccc2)c(N)s1. The van der Waals surface area contributed by atoms with Gasteiger partial charge in [0.25, 0.3) is 0 Å². The summed E-state index contributed by atoms with van der Waals surface area (Å²) >= 11 is 1.52. The minimum Gasteiger partial charge on any atom is -0.390 e. The topological polar surface area (TPSA) is 43.1 Å². The Morgan fingerprint density at radius 2 is 2.00 bits per heavy atom. The number of nitrogens with two attached hydrogens (primary N) is 1. The van der Waals surface area contributed by atoms with Gasteiger partial charge in [0.15, 0.2) is 5.78 Å². The third-order valence-electron chi connectivity index (χ3n) is 2.59. The first-order valence-electron chi connectivity index (χ1n) is 5.70. The molecule has 1 aromatic heterocycles. The van der Waals surface area contributed by atoms with Gasteiger partial charge in [-0.2, -0.15) is 0 Å². The first-order chi connectivity index (χ1) is 8.22. The lowest BCUT2D eigenvalue weighted by molar-refractivity contribution is 0.104. The van der Waals surface area contributed by atoms with Crippen LogP contribution in [0.2, 0.25) is 0 Å². The largest absolute Gasteiger partial charge is 0.390 e. The molecule has 0 unspecified atom stereocenters. The molecule has 0 saturated carbocycles. The van der Waals surface area contributed by atoms with Crippen molar-refractivity contribution in [1.82, 2.24) is 0 Å². The van der Waals surface area contributed by atoms with Crippen LogP contribution in [-0.2, 0) is 6.42 Å². The molecule has 1 heterocycles. The fourth-order valence-corrected chi connectivity index (χ4v) is 2.78. The van der Waals surface area contributed by atoms with Crippen LogP contribution in [0.1, 0.15) is 34.1 Å². The summed E-state index contributed by atoms with van der Waals surface area (Å²) in [5.41, 5.74) is 7.25. The molecule has 0 bridgehead atoms. The second-order valence-corrected chi connectivity index (χ2v) is 5.10. The van der Waals surface area contributed by atoms with Gasteiger partial charge in [0.2, 0.25) is 0 Å². The molecule has 0 aliphatic heterocycles. The fourth-order valence-electron chi connectivity index (χ4n) is 1.75. The van der Waals surface area contributed by atoms with E-state index >= 15 is 0 Å². The normalized spacial score (nSPS) is 10.4. The van der Waals surface area contributed by atoms with E-state index in [0.717, 1.165) is 12.8 Å². The standard InChI is InChI=1S/C14H15NOS/c1-2-6-11-9-12(14(15)17-11)13(16)10-7-4-3-5-8-10/h3-5,7-9H,2,6,15H2,1H3. The highest BCUT2D eigenvalue weighted by atomic mass is 32.1. The van der Waals surface area contributed by atoms with Crippen molar-refractivity contribution in [2.75, 3.05) is 5.73 Å². The summed E-state index contributed by atoms with van der Waals surface area (Å²) < 4.78 is 0. The van der Waals surface area contributed by atoms with Crippen molar-refractivity contribution in [3.63, 3.8) is 0 Å². The Hall–Kier alpha value is -1.61. The van der Waals surface area contributed by atoms with Crippen molar-refractivity contribution < 1.29 is 4.79 Å². The molecule has 88 valence electrons. The van der Waals surface area contributed by atoms with E-state index < -0.39 is 0 Å². The highest BCUT2D eigenvalue weighted by Gasteiger charge is 2.15. The van der Waals surface area contributed by atoms with Crippen molar-refractivity contribution in [3.8, 4) is 0 Å². The zero-order valence-electron chi connectivity index (χ0n) is 9.77. The lowest BCUT2D eigenvalue weighted by atomic mass is 10.1. The Morgan fingerprint density at radius 1 is 1.29 bits per heavy atom. The van der Waals surface area contributed by atoms with Gasteiger partial charge in [-0.3, -0.25) is 4.79 Å². The van der Waals surface area contributed by atoms with Crippen LogP contribution < -0.4 is 5.73 Å². The molecule has 1 aromatic carbocycles. The Bertz CT molecular complexity index is 516. The Morgan fingerprint density at radius 3 is 2.65 bits per heavy atom. The Kier molecular flexibility index (Phi) is 3.59. The van der Waals surface area contributed by atoms with Crippen LogP contribution in [-0.4, -0.2) is 5.78 Å². The summed E-state index contributed by atoms with van der Waals surface area (Å²) in [5, 5.41) is 0.627. The first-order valence-corrected chi connectivity index (χ1v) is 6.52. The second-order valence-electron chi connectivity index (χ2n) is 3.94. The number of carbonyl (C=O) groups excluding carboxylic acids is 1. The van der Waals surface area contributed by atoms with E-state index in [2.05, 4.69) is 6.92 Å².